The molecule has 20 heavy (non-hydrogen) atoms. The van der Waals surface area contributed by atoms with E-state index >= 15 is 0 Å². The molecule has 0 atom stereocenters. The Labute approximate surface area is 116 Å². The molecular weight excluding hydrogens is 282 g/mol. The quantitative estimate of drug-likeness (QED) is 0.764. The molecule has 3 N–H and O–H groups in total. The normalized spacial score (nSPS) is 11.3. The Morgan fingerprint density at radius 2 is 2.10 bits per heavy atom. The van der Waals surface area contributed by atoms with Crippen LogP contribution in [0.5, 0.6) is 5.75 Å². The van der Waals surface area contributed by atoms with E-state index < -0.39 is 16.6 Å². The highest BCUT2D eigenvalue weighted by atomic mass is 32.2. The van der Waals surface area contributed by atoms with Crippen LogP contribution in [0.25, 0.3) is 0 Å². The third kappa shape index (κ3) is 2.61. The molecule has 2 rings (SSSR count). The van der Waals surface area contributed by atoms with Crippen LogP contribution in [0.4, 0.5) is 5.69 Å². The number of benzene rings is 1. The van der Waals surface area contributed by atoms with Crippen molar-refractivity contribution in [2.24, 2.45) is 0 Å². The lowest BCUT2D eigenvalue weighted by Gasteiger charge is -2.11. The van der Waals surface area contributed by atoms with E-state index in [1.165, 1.54) is 7.11 Å². The number of aliphatic hydroxyl groups excluding tert-OH is 1. The number of aliphatic hydroxyl groups is 1. The Kier molecular flexibility index (Phi) is 3.96. The van der Waals surface area contributed by atoms with Gasteiger partial charge < -0.3 is 9.84 Å². The Morgan fingerprint density at radius 3 is 2.75 bits per heavy atom. The number of sulfonamides is 1. The van der Waals surface area contributed by atoms with E-state index in [1.54, 1.807) is 31.2 Å². The zero-order valence-corrected chi connectivity index (χ0v) is 11.9. The molecule has 8 heteroatoms. The van der Waals surface area contributed by atoms with Crippen molar-refractivity contribution >= 4 is 15.7 Å². The minimum absolute atomic E-state index is 0.0501. The number of ether oxygens (including phenoxy) is 1. The van der Waals surface area contributed by atoms with Gasteiger partial charge in [-0.05, 0) is 19.1 Å². The smallest absolute Gasteiger partial charge is 0.265 e. The number of H-pyrrole nitrogens is 1. The molecule has 0 aliphatic carbocycles. The Balaban J connectivity index is 2.44. The predicted octanol–water partition coefficient (Wildman–Crippen LogP) is 1.02. The van der Waals surface area contributed by atoms with Gasteiger partial charge in [0.1, 0.15) is 16.3 Å². The largest absolute Gasteiger partial charge is 0.495 e. The number of hydrogen-bond acceptors (Lipinski definition) is 5. The first-order valence-electron chi connectivity index (χ1n) is 5.80. The summed E-state index contributed by atoms with van der Waals surface area (Å²) in [7, 11) is -2.41. The average Bonchev–Trinajstić information content (AvgIpc) is 2.81. The fourth-order valence-corrected chi connectivity index (χ4v) is 3.29. The Hall–Kier alpha value is -2.06. The molecule has 0 unspecified atom stereocenters. The van der Waals surface area contributed by atoms with Crippen molar-refractivity contribution in [3.8, 4) is 5.75 Å². The third-order valence-electron chi connectivity index (χ3n) is 2.73. The lowest BCUT2D eigenvalue weighted by atomic mass is 10.3. The van der Waals surface area contributed by atoms with Gasteiger partial charge in [0, 0.05) is 0 Å². The molecule has 0 radical (unpaired) electrons. The summed E-state index contributed by atoms with van der Waals surface area (Å²) in [6, 6.07) is 6.66. The van der Waals surface area contributed by atoms with Gasteiger partial charge in [-0.1, -0.05) is 12.1 Å². The second kappa shape index (κ2) is 5.51. The number of aromatic amines is 1. The fourth-order valence-electron chi connectivity index (χ4n) is 1.86. The predicted molar refractivity (Wildman–Crippen MR) is 73.1 cm³/mol. The summed E-state index contributed by atoms with van der Waals surface area (Å²) in [6.45, 7) is 1.11. The maximum atomic E-state index is 12.4. The molecule has 0 aliphatic heterocycles. The first-order chi connectivity index (χ1) is 9.49. The van der Waals surface area contributed by atoms with E-state index in [-0.39, 0.29) is 10.6 Å². The molecule has 0 fully saturated rings. The average molecular weight is 297 g/mol. The lowest BCUT2D eigenvalue weighted by Crippen LogP contribution is -2.16. The van der Waals surface area contributed by atoms with Gasteiger partial charge in [0.05, 0.1) is 25.1 Å². The lowest BCUT2D eigenvalue weighted by molar-refractivity contribution is 0.273. The van der Waals surface area contributed by atoms with Crippen LogP contribution in [0.15, 0.2) is 29.2 Å². The number of aromatic nitrogens is 2. The van der Waals surface area contributed by atoms with Crippen LogP contribution >= 0.6 is 0 Å². The van der Waals surface area contributed by atoms with Crippen LogP contribution in [-0.2, 0) is 16.6 Å². The highest BCUT2D eigenvalue weighted by molar-refractivity contribution is 7.92. The van der Waals surface area contributed by atoms with Gasteiger partial charge in [-0.2, -0.15) is 5.10 Å². The van der Waals surface area contributed by atoms with E-state index in [0.717, 1.165) is 0 Å². The summed E-state index contributed by atoms with van der Waals surface area (Å²) in [5, 5.41) is 15.5. The third-order valence-corrected chi connectivity index (χ3v) is 4.30. The number of anilines is 1. The van der Waals surface area contributed by atoms with E-state index in [4.69, 9.17) is 9.84 Å². The van der Waals surface area contributed by atoms with E-state index in [0.29, 0.717) is 17.1 Å². The molecule has 2 aromatic rings. The number of hydrogen-bond donors (Lipinski definition) is 3. The molecule has 0 spiro atoms. The zero-order valence-electron chi connectivity index (χ0n) is 11.0. The molecule has 0 saturated heterocycles. The minimum atomic E-state index is -3.86. The second-order valence-corrected chi connectivity index (χ2v) is 5.71. The van der Waals surface area contributed by atoms with Gasteiger partial charge >= 0.3 is 0 Å². The maximum absolute atomic E-state index is 12.4. The van der Waals surface area contributed by atoms with E-state index in [9.17, 15) is 8.42 Å². The molecule has 0 amide bonds. The summed E-state index contributed by atoms with van der Waals surface area (Å²) in [6.07, 6.45) is 0. The van der Waals surface area contributed by atoms with Crippen molar-refractivity contribution in [3.63, 3.8) is 0 Å². The number of nitrogens with zero attached hydrogens (tertiary/aromatic N) is 1. The Morgan fingerprint density at radius 1 is 1.40 bits per heavy atom. The number of aryl methyl sites for hydroxylation is 1. The highest BCUT2D eigenvalue weighted by Gasteiger charge is 2.24. The van der Waals surface area contributed by atoms with Gasteiger partial charge in [-0.3, -0.25) is 9.82 Å². The van der Waals surface area contributed by atoms with Crippen molar-refractivity contribution in [2.45, 2.75) is 18.4 Å². The summed E-state index contributed by atoms with van der Waals surface area (Å²) < 4.78 is 32.3. The standard InChI is InChI=1S/C12H15N3O4S/c1-8-12(10(7-16)14-13-8)20(17,18)15-9-5-3-4-6-11(9)19-2/h3-6,15-16H,7H2,1-2H3,(H,13,14). The van der Waals surface area contributed by atoms with Crippen molar-refractivity contribution in [2.75, 3.05) is 11.8 Å². The van der Waals surface area contributed by atoms with Crippen LogP contribution in [0, 0.1) is 6.92 Å². The van der Waals surface area contributed by atoms with Gasteiger partial charge in [0.15, 0.2) is 0 Å². The summed E-state index contributed by atoms with van der Waals surface area (Å²) in [4.78, 5) is -0.0501. The van der Waals surface area contributed by atoms with Crippen molar-refractivity contribution in [3.05, 3.63) is 35.7 Å². The van der Waals surface area contributed by atoms with Crippen LogP contribution in [-0.4, -0.2) is 30.8 Å². The first-order valence-corrected chi connectivity index (χ1v) is 7.28. The summed E-state index contributed by atoms with van der Waals surface area (Å²) in [5.41, 5.74) is 0.751. The van der Waals surface area contributed by atoms with Gasteiger partial charge in [0.2, 0.25) is 0 Å². The number of nitrogens with one attached hydrogen (secondary N) is 2. The molecule has 7 nitrogen and oxygen atoms in total. The maximum Gasteiger partial charge on any atom is 0.265 e. The van der Waals surface area contributed by atoms with Crippen molar-refractivity contribution in [1.82, 2.24) is 10.2 Å². The molecule has 108 valence electrons. The van der Waals surface area contributed by atoms with Crippen LogP contribution in [0.2, 0.25) is 0 Å². The molecule has 0 aliphatic rings. The molecule has 1 heterocycles. The number of para-hydroxylation sites is 2. The monoisotopic (exact) mass is 297 g/mol. The van der Waals surface area contributed by atoms with Crippen LogP contribution in [0.3, 0.4) is 0 Å². The number of rotatable bonds is 5. The number of methoxy groups -OCH3 is 1. The highest BCUT2D eigenvalue weighted by Crippen LogP contribution is 2.27. The second-order valence-electron chi connectivity index (χ2n) is 4.09. The summed E-state index contributed by atoms with van der Waals surface area (Å²) >= 11 is 0. The van der Waals surface area contributed by atoms with Crippen LogP contribution < -0.4 is 9.46 Å². The molecule has 0 bridgehead atoms. The minimum Gasteiger partial charge on any atom is -0.495 e. The molecule has 0 saturated carbocycles. The Bertz CT molecular complexity index is 709. The first kappa shape index (κ1) is 14.4. The van der Waals surface area contributed by atoms with Crippen molar-refractivity contribution in [1.29, 1.82) is 0 Å². The molecular formula is C12H15N3O4S. The zero-order chi connectivity index (χ0) is 14.8. The van der Waals surface area contributed by atoms with Gasteiger partial charge in [-0.15, -0.1) is 0 Å². The SMILES string of the molecule is COc1ccccc1NS(=O)(=O)c1c(CO)n[nH]c1C. The van der Waals surface area contributed by atoms with Gasteiger partial charge in [-0.25, -0.2) is 8.42 Å². The molecule has 1 aromatic heterocycles. The van der Waals surface area contributed by atoms with E-state index in [2.05, 4.69) is 14.9 Å². The van der Waals surface area contributed by atoms with E-state index in [1.807, 2.05) is 0 Å². The fraction of sp³-hybridized carbons (Fsp3) is 0.250. The van der Waals surface area contributed by atoms with Gasteiger partial charge in [0.25, 0.3) is 10.0 Å². The topological polar surface area (TPSA) is 104 Å². The van der Waals surface area contributed by atoms with Crippen molar-refractivity contribution < 1.29 is 18.3 Å². The molecule has 1 aromatic carbocycles. The summed E-state index contributed by atoms with van der Waals surface area (Å²) in [5.74, 6) is 0.405. The van der Waals surface area contributed by atoms with Crippen LogP contribution in [0.1, 0.15) is 11.4 Å².